The Bertz CT molecular complexity index is 674. The molecule has 0 saturated heterocycles. The summed E-state index contributed by atoms with van der Waals surface area (Å²) in [6, 6.07) is 9.87. The Morgan fingerprint density at radius 2 is 2.05 bits per heavy atom. The van der Waals surface area contributed by atoms with Crippen molar-refractivity contribution in [2.45, 2.75) is 26.3 Å². The standard InChI is InChI=1S/C17H21N3O/c1-4-6-12-20-17(21)16(18-3)14(5-2)15(19-20)13-10-8-7-9-11-13/h5,7-11,18H,2,4,6,12H2,1,3H3. The van der Waals surface area contributed by atoms with Crippen LogP contribution in [0.2, 0.25) is 0 Å². The third kappa shape index (κ3) is 3.05. The minimum atomic E-state index is -0.0967. The summed E-state index contributed by atoms with van der Waals surface area (Å²) in [5.41, 5.74) is 2.97. The normalized spacial score (nSPS) is 10.4. The van der Waals surface area contributed by atoms with Crippen molar-refractivity contribution in [3.63, 3.8) is 0 Å². The predicted octanol–water partition coefficient (Wildman–Crippen LogP) is 3.40. The van der Waals surface area contributed by atoms with Gasteiger partial charge < -0.3 is 5.32 Å². The molecule has 0 bridgehead atoms. The molecule has 2 rings (SSSR count). The van der Waals surface area contributed by atoms with Crippen molar-refractivity contribution in [3.8, 4) is 11.3 Å². The first kappa shape index (κ1) is 15.0. The van der Waals surface area contributed by atoms with E-state index in [1.165, 1.54) is 0 Å². The Balaban J connectivity index is 2.68. The highest BCUT2D eigenvalue weighted by Crippen LogP contribution is 2.25. The molecule has 0 aliphatic heterocycles. The molecule has 0 saturated carbocycles. The number of anilines is 1. The number of benzene rings is 1. The van der Waals surface area contributed by atoms with Crippen LogP contribution >= 0.6 is 0 Å². The maximum Gasteiger partial charge on any atom is 0.290 e. The van der Waals surface area contributed by atoms with Crippen LogP contribution in [0.5, 0.6) is 0 Å². The molecule has 0 radical (unpaired) electrons. The van der Waals surface area contributed by atoms with Crippen molar-refractivity contribution in [2.75, 3.05) is 12.4 Å². The molecule has 21 heavy (non-hydrogen) atoms. The lowest BCUT2D eigenvalue weighted by atomic mass is 10.1. The number of hydrogen-bond acceptors (Lipinski definition) is 3. The first-order valence-electron chi connectivity index (χ1n) is 7.23. The zero-order valence-electron chi connectivity index (χ0n) is 12.6. The number of nitrogens with zero attached hydrogens (tertiary/aromatic N) is 2. The van der Waals surface area contributed by atoms with Gasteiger partial charge in [-0.3, -0.25) is 4.79 Å². The molecule has 110 valence electrons. The van der Waals surface area contributed by atoms with Crippen molar-refractivity contribution >= 4 is 11.8 Å². The zero-order chi connectivity index (χ0) is 15.2. The van der Waals surface area contributed by atoms with Crippen LogP contribution in [0.3, 0.4) is 0 Å². The van der Waals surface area contributed by atoms with E-state index in [1.54, 1.807) is 17.8 Å². The molecular formula is C17H21N3O. The molecule has 0 fully saturated rings. The maximum atomic E-state index is 12.5. The second-order valence-electron chi connectivity index (χ2n) is 4.84. The van der Waals surface area contributed by atoms with E-state index in [2.05, 4.69) is 23.9 Å². The van der Waals surface area contributed by atoms with E-state index in [1.807, 2.05) is 30.3 Å². The van der Waals surface area contributed by atoms with E-state index < -0.39 is 0 Å². The predicted molar refractivity (Wildman–Crippen MR) is 88.5 cm³/mol. The highest BCUT2D eigenvalue weighted by Gasteiger charge is 2.15. The fourth-order valence-corrected chi connectivity index (χ4v) is 2.29. The Morgan fingerprint density at radius 1 is 1.33 bits per heavy atom. The minimum Gasteiger partial charge on any atom is -0.383 e. The van der Waals surface area contributed by atoms with Crippen LogP contribution in [0, 0.1) is 0 Å². The van der Waals surface area contributed by atoms with Crippen molar-refractivity contribution < 1.29 is 0 Å². The summed E-state index contributed by atoms with van der Waals surface area (Å²) < 4.78 is 1.55. The van der Waals surface area contributed by atoms with Crippen molar-refractivity contribution in [3.05, 3.63) is 52.8 Å². The Morgan fingerprint density at radius 3 is 2.62 bits per heavy atom. The third-order valence-corrected chi connectivity index (χ3v) is 3.42. The lowest BCUT2D eigenvalue weighted by Gasteiger charge is -2.14. The summed E-state index contributed by atoms with van der Waals surface area (Å²) in [6.45, 7) is 6.55. The molecule has 0 amide bonds. The van der Waals surface area contributed by atoms with Gasteiger partial charge in [-0.05, 0) is 6.42 Å². The number of hydrogen-bond donors (Lipinski definition) is 1. The summed E-state index contributed by atoms with van der Waals surface area (Å²) >= 11 is 0. The van der Waals surface area contributed by atoms with Gasteiger partial charge in [-0.25, -0.2) is 4.68 Å². The number of nitrogens with one attached hydrogen (secondary N) is 1. The summed E-state index contributed by atoms with van der Waals surface area (Å²) in [4.78, 5) is 12.5. The van der Waals surface area contributed by atoms with Gasteiger partial charge in [0.25, 0.3) is 5.56 Å². The first-order valence-corrected chi connectivity index (χ1v) is 7.23. The molecule has 1 aromatic heterocycles. The maximum absolute atomic E-state index is 12.5. The average Bonchev–Trinajstić information content (AvgIpc) is 2.54. The molecular weight excluding hydrogens is 262 g/mol. The van der Waals surface area contributed by atoms with Gasteiger partial charge >= 0.3 is 0 Å². The van der Waals surface area contributed by atoms with E-state index in [9.17, 15) is 4.79 Å². The van der Waals surface area contributed by atoms with Gasteiger partial charge in [-0.15, -0.1) is 0 Å². The lowest BCUT2D eigenvalue weighted by Crippen LogP contribution is -2.27. The summed E-state index contributed by atoms with van der Waals surface area (Å²) in [5.74, 6) is 0. The molecule has 1 aromatic carbocycles. The Labute approximate surface area is 125 Å². The van der Waals surface area contributed by atoms with Gasteiger partial charge in [0.1, 0.15) is 11.4 Å². The number of aryl methyl sites for hydroxylation is 1. The van der Waals surface area contributed by atoms with Crippen molar-refractivity contribution in [1.82, 2.24) is 9.78 Å². The smallest absolute Gasteiger partial charge is 0.290 e. The van der Waals surface area contributed by atoms with Gasteiger partial charge in [0.2, 0.25) is 0 Å². The van der Waals surface area contributed by atoms with Gasteiger partial charge in [0.15, 0.2) is 0 Å². The third-order valence-electron chi connectivity index (χ3n) is 3.42. The van der Waals surface area contributed by atoms with Crippen LogP contribution in [-0.2, 0) is 6.54 Å². The van der Waals surface area contributed by atoms with Gasteiger partial charge in [0.05, 0.1) is 0 Å². The average molecular weight is 283 g/mol. The molecule has 2 aromatic rings. The van der Waals surface area contributed by atoms with E-state index in [0.29, 0.717) is 12.2 Å². The molecule has 0 unspecified atom stereocenters. The van der Waals surface area contributed by atoms with E-state index in [0.717, 1.165) is 29.7 Å². The lowest BCUT2D eigenvalue weighted by molar-refractivity contribution is 0.546. The van der Waals surface area contributed by atoms with Crippen LogP contribution < -0.4 is 10.9 Å². The van der Waals surface area contributed by atoms with E-state index in [-0.39, 0.29) is 5.56 Å². The Hall–Kier alpha value is -2.36. The Kier molecular flexibility index (Phi) is 4.93. The molecule has 0 aliphatic carbocycles. The summed E-state index contributed by atoms with van der Waals surface area (Å²) in [7, 11) is 1.75. The quantitative estimate of drug-likeness (QED) is 0.884. The van der Waals surface area contributed by atoms with E-state index >= 15 is 0 Å². The van der Waals surface area contributed by atoms with Crippen molar-refractivity contribution in [2.24, 2.45) is 0 Å². The zero-order valence-corrected chi connectivity index (χ0v) is 12.6. The van der Waals surface area contributed by atoms with Crippen LogP contribution in [0.15, 0.2) is 41.7 Å². The van der Waals surface area contributed by atoms with E-state index in [4.69, 9.17) is 0 Å². The largest absolute Gasteiger partial charge is 0.383 e. The van der Waals surface area contributed by atoms with Gasteiger partial charge in [0, 0.05) is 24.7 Å². The summed E-state index contributed by atoms with van der Waals surface area (Å²) in [6.07, 6.45) is 3.64. The minimum absolute atomic E-state index is 0.0967. The van der Waals surface area contributed by atoms with Crippen LogP contribution in [-0.4, -0.2) is 16.8 Å². The second-order valence-corrected chi connectivity index (χ2v) is 4.84. The molecule has 0 spiro atoms. The fourth-order valence-electron chi connectivity index (χ4n) is 2.29. The first-order chi connectivity index (χ1) is 10.2. The number of unbranched alkanes of at least 4 members (excludes halogenated alkanes) is 1. The molecule has 0 aliphatic rings. The highest BCUT2D eigenvalue weighted by atomic mass is 16.1. The number of aromatic nitrogens is 2. The highest BCUT2D eigenvalue weighted by molar-refractivity contribution is 5.78. The molecule has 1 N–H and O–H groups in total. The summed E-state index contributed by atoms with van der Waals surface area (Å²) in [5, 5.41) is 7.55. The second kappa shape index (κ2) is 6.88. The van der Waals surface area contributed by atoms with Crippen LogP contribution in [0.4, 0.5) is 5.69 Å². The molecule has 0 atom stereocenters. The number of rotatable bonds is 6. The van der Waals surface area contributed by atoms with Crippen molar-refractivity contribution in [1.29, 1.82) is 0 Å². The van der Waals surface area contributed by atoms with Crippen LogP contribution in [0.1, 0.15) is 25.3 Å². The topological polar surface area (TPSA) is 46.9 Å². The SMILES string of the molecule is C=Cc1c(-c2ccccc2)nn(CCCC)c(=O)c1NC. The molecule has 4 nitrogen and oxygen atoms in total. The monoisotopic (exact) mass is 283 g/mol. The van der Waals surface area contributed by atoms with Crippen LogP contribution in [0.25, 0.3) is 17.3 Å². The molecule has 1 heterocycles. The fraction of sp³-hybridized carbons (Fsp3) is 0.294. The molecule has 4 heteroatoms. The van der Waals surface area contributed by atoms with Gasteiger partial charge in [-0.2, -0.15) is 5.10 Å². The van der Waals surface area contributed by atoms with Gasteiger partial charge in [-0.1, -0.05) is 56.3 Å².